The van der Waals surface area contributed by atoms with Crippen molar-refractivity contribution in [2.24, 2.45) is 0 Å². The zero-order chi connectivity index (χ0) is 20.6. The standard InChI is InChI=1S/C11H6F3S.3C4H9.Sn/c12-11(13,14)9-5-2-1-4-8(9)10-6-3-7-15-10;3*1-3-4-2;/h1-6H;3*1,3-4H2,2H3;. The monoisotopic (exact) mass is 518 g/mol. The van der Waals surface area contributed by atoms with Crippen LogP contribution in [0, 0.1) is 0 Å². The van der Waals surface area contributed by atoms with Crippen LogP contribution < -0.4 is 2.89 Å². The van der Waals surface area contributed by atoms with Crippen LogP contribution in [-0.4, -0.2) is 18.4 Å². The van der Waals surface area contributed by atoms with Gasteiger partial charge in [0.15, 0.2) is 0 Å². The molecule has 28 heavy (non-hydrogen) atoms. The normalized spacial score (nSPS) is 12.5. The molecule has 0 N–H and O–H groups in total. The molecular weight excluding hydrogens is 484 g/mol. The van der Waals surface area contributed by atoms with Crippen LogP contribution in [0.15, 0.2) is 36.4 Å². The molecule has 0 bridgehead atoms. The second-order valence-electron chi connectivity index (χ2n) is 7.80. The van der Waals surface area contributed by atoms with Crippen LogP contribution in [0.25, 0.3) is 10.4 Å². The van der Waals surface area contributed by atoms with Gasteiger partial charge in [0.05, 0.1) is 0 Å². The molecular formula is C23H33F3SSn. The quantitative estimate of drug-likeness (QED) is 0.262. The number of hydrogen-bond donors (Lipinski definition) is 0. The molecule has 1 aromatic heterocycles. The van der Waals surface area contributed by atoms with Gasteiger partial charge in [0, 0.05) is 0 Å². The molecule has 0 fully saturated rings. The summed E-state index contributed by atoms with van der Waals surface area (Å²) in [5.41, 5.74) is -0.173. The van der Waals surface area contributed by atoms with Gasteiger partial charge in [-0.25, -0.2) is 0 Å². The first-order valence-corrected chi connectivity index (χ1v) is 18.9. The molecule has 2 rings (SSSR count). The van der Waals surface area contributed by atoms with Gasteiger partial charge >= 0.3 is 177 Å². The van der Waals surface area contributed by atoms with Crippen molar-refractivity contribution in [3.05, 3.63) is 42.0 Å². The van der Waals surface area contributed by atoms with E-state index in [1.807, 2.05) is 6.07 Å². The Balaban J connectivity index is 2.46. The van der Waals surface area contributed by atoms with Crippen LogP contribution in [-0.2, 0) is 6.18 Å². The summed E-state index contributed by atoms with van der Waals surface area (Å²) in [4.78, 5) is 0.786. The molecule has 0 spiro atoms. The predicted octanol–water partition coefficient (Wildman–Crippen LogP) is 8.49. The summed E-state index contributed by atoms with van der Waals surface area (Å²) in [6.07, 6.45) is 3.07. The van der Waals surface area contributed by atoms with Gasteiger partial charge in [-0.2, -0.15) is 0 Å². The third kappa shape index (κ3) is 6.01. The van der Waals surface area contributed by atoms with E-state index >= 15 is 0 Å². The van der Waals surface area contributed by atoms with E-state index in [-0.39, 0.29) is 0 Å². The third-order valence-electron chi connectivity index (χ3n) is 5.65. The number of alkyl halides is 3. The molecule has 0 unspecified atom stereocenters. The molecule has 0 radical (unpaired) electrons. The molecule has 0 aliphatic heterocycles. The van der Waals surface area contributed by atoms with Crippen molar-refractivity contribution in [1.29, 1.82) is 0 Å². The molecule has 156 valence electrons. The van der Waals surface area contributed by atoms with Gasteiger partial charge in [-0.05, 0) is 0 Å². The van der Waals surface area contributed by atoms with E-state index in [4.69, 9.17) is 0 Å². The van der Waals surface area contributed by atoms with Gasteiger partial charge in [-0.15, -0.1) is 0 Å². The van der Waals surface area contributed by atoms with Gasteiger partial charge in [-0.1, -0.05) is 0 Å². The first kappa shape index (κ1) is 23.8. The Morgan fingerprint density at radius 2 is 1.32 bits per heavy atom. The predicted molar refractivity (Wildman–Crippen MR) is 119 cm³/mol. The van der Waals surface area contributed by atoms with Crippen molar-refractivity contribution in [3.63, 3.8) is 0 Å². The van der Waals surface area contributed by atoms with Crippen molar-refractivity contribution in [2.75, 3.05) is 0 Å². The first-order valence-electron chi connectivity index (χ1n) is 10.6. The molecule has 0 amide bonds. The van der Waals surface area contributed by atoms with Crippen LogP contribution in [0.1, 0.15) is 64.9 Å². The van der Waals surface area contributed by atoms with Crippen molar-refractivity contribution >= 4 is 32.6 Å². The Morgan fingerprint density at radius 3 is 1.82 bits per heavy atom. The van der Waals surface area contributed by atoms with Crippen molar-refractivity contribution in [3.8, 4) is 10.4 Å². The molecule has 1 aromatic carbocycles. The number of hydrogen-bond acceptors (Lipinski definition) is 1. The fraction of sp³-hybridized carbons (Fsp3) is 0.565. The molecule has 0 atom stereocenters. The molecule has 0 saturated heterocycles. The Labute approximate surface area is 176 Å². The van der Waals surface area contributed by atoms with Crippen LogP contribution in [0.4, 0.5) is 13.2 Å². The van der Waals surface area contributed by atoms with E-state index < -0.39 is 30.1 Å². The summed E-state index contributed by atoms with van der Waals surface area (Å²) in [6.45, 7) is 6.74. The minimum absolute atomic E-state index is 0.341. The minimum atomic E-state index is -4.31. The Morgan fingerprint density at radius 1 is 0.786 bits per heavy atom. The SMILES string of the molecule is CCC[CH2][Sn]([CH2]CCC)([CH2]CCC)[c]1ccc(-c2ccccc2C(F)(F)F)s1. The van der Waals surface area contributed by atoms with Crippen LogP contribution >= 0.6 is 11.3 Å². The fourth-order valence-electron chi connectivity index (χ4n) is 4.00. The van der Waals surface area contributed by atoms with E-state index in [1.165, 1.54) is 66.9 Å². The van der Waals surface area contributed by atoms with Crippen LogP contribution in [0.5, 0.6) is 0 Å². The molecule has 0 aliphatic carbocycles. The van der Waals surface area contributed by atoms with E-state index in [0.29, 0.717) is 5.56 Å². The topological polar surface area (TPSA) is 0 Å². The van der Waals surface area contributed by atoms with Gasteiger partial charge < -0.3 is 0 Å². The average Bonchev–Trinajstić information content (AvgIpc) is 3.18. The van der Waals surface area contributed by atoms with Crippen molar-refractivity contribution in [2.45, 2.75) is 78.8 Å². The fourth-order valence-corrected chi connectivity index (χ4v) is 24.2. The average molecular weight is 517 g/mol. The van der Waals surface area contributed by atoms with Gasteiger partial charge in [0.2, 0.25) is 0 Å². The number of thiophene rings is 1. The van der Waals surface area contributed by atoms with Gasteiger partial charge in [0.25, 0.3) is 0 Å². The molecule has 5 heteroatoms. The van der Waals surface area contributed by atoms with E-state index in [0.717, 1.165) is 4.88 Å². The maximum atomic E-state index is 13.5. The number of halogens is 3. The second-order valence-corrected chi connectivity index (χ2v) is 23.0. The maximum absolute atomic E-state index is 13.5. The summed E-state index contributed by atoms with van der Waals surface area (Å²) in [7, 11) is 0. The molecule has 0 aliphatic rings. The molecule has 0 saturated carbocycles. The summed E-state index contributed by atoms with van der Waals surface area (Å²) in [5, 5.41) is 0. The van der Waals surface area contributed by atoms with Crippen molar-refractivity contribution < 1.29 is 13.2 Å². The van der Waals surface area contributed by atoms with Crippen molar-refractivity contribution in [1.82, 2.24) is 0 Å². The van der Waals surface area contributed by atoms with Crippen LogP contribution in [0.3, 0.4) is 0 Å². The number of benzene rings is 1. The van der Waals surface area contributed by atoms with E-state index in [9.17, 15) is 13.2 Å². The number of unbranched alkanes of at least 4 members (excludes halogenated alkanes) is 3. The summed E-state index contributed by atoms with van der Waals surface area (Å²) in [6, 6.07) is 10.2. The Kier molecular flexibility index (Phi) is 9.39. The van der Waals surface area contributed by atoms with E-state index in [1.54, 1.807) is 23.5 Å². The Hall–Kier alpha value is -0.491. The van der Waals surface area contributed by atoms with Gasteiger partial charge in [0.1, 0.15) is 0 Å². The molecule has 1 heterocycles. The molecule has 2 aromatic rings. The van der Waals surface area contributed by atoms with Crippen LogP contribution in [0.2, 0.25) is 13.3 Å². The molecule has 0 nitrogen and oxygen atoms in total. The Bertz CT molecular complexity index is 699. The summed E-state index contributed by atoms with van der Waals surface area (Å²) in [5.74, 6) is 0. The zero-order valence-corrected chi connectivity index (χ0v) is 21.0. The van der Waals surface area contributed by atoms with Gasteiger partial charge in [-0.3, -0.25) is 0 Å². The third-order valence-corrected chi connectivity index (χ3v) is 25.0. The van der Waals surface area contributed by atoms with E-state index in [2.05, 4.69) is 26.8 Å². The first-order chi connectivity index (χ1) is 13.4. The summed E-state index contributed by atoms with van der Waals surface area (Å²) < 4.78 is 46.0. The zero-order valence-electron chi connectivity index (χ0n) is 17.4. The summed E-state index contributed by atoms with van der Waals surface area (Å²) >= 11 is -0.917. The second kappa shape index (κ2) is 11.1. The number of rotatable bonds is 11.